The molecule has 0 aliphatic carbocycles. The van der Waals surface area contributed by atoms with Crippen molar-refractivity contribution < 1.29 is 9.59 Å². The van der Waals surface area contributed by atoms with Gasteiger partial charge in [-0.2, -0.15) is 0 Å². The summed E-state index contributed by atoms with van der Waals surface area (Å²) in [6, 6.07) is 23.5. The molecule has 1 atom stereocenters. The maximum absolute atomic E-state index is 13.0. The lowest BCUT2D eigenvalue weighted by Crippen LogP contribution is -2.31. The van der Waals surface area contributed by atoms with Gasteiger partial charge in [-0.05, 0) is 48.0 Å². The standard InChI is InChI=1S/C26H21ClN4O3/c27-20-11-14-23(28-17-20)30-24(32)16-22(18-6-2-1-3-7-18)29-26(34)19-9-12-21(13-10-19)31-15-5-4-8-25(31)33/h1-15,17,22H,16H2,(H,29,34)(H,28,30,32). The number of hydrogen-bond donors (Lipinski definition) is 2. The number of nitrogens with zero attached hydrogens (tertiary/aromatic N) is 2. The van der Waals surface area contributed by atoms with Crippen LogP contribution in [0.15, 0.2) is 102 Å². The number of carbonyl (C=O) groups is 2. The van der Waals surface area contributed by atoms with Crippen molar-refractivity contribution in [3.05, 3.63) is 124 Å². The average Bonchev–Trinajstić information content (AvgIpc) is 2.86. The minimum atomic E-state index is -0.558. The van der Waals surface area contributed by atoms with Crippen molar-refractivity contribution >= 4 is 29.2 Å². The molecule has 8 heteroatoms. The molecule has 0 radical (unpaired) electrons. The van der Waals surface area contributed by atoms with E-state index in [9.17, 15) is 14.4 Å². The highest BCUT2D eigenvalue weighted by atomic mass is 35.5. The molecule has 2 heterocycles. The maximum atomic E-state index is 13.0. The molecule has 0 saturated carbocycles. The first-order valence-electron chi connectivity index (χ1n) is 10.5. The highest BCUT2D eigenvalue weighted by Gasteiger charge is 2.20. The summed E-state index contributed by atoms with van der Waals surface area (Å²) in [7, 11) is 0. The van der Waals surface area contributed by atoms with Crippen LogP contribution in [0.25, 0.3) is 5.69 Å². The second-order valence-electron chi connectivity index (χ2n) is 7.51. The lowest BCUT2D eigenvalue weighted by molar-refractivity contribution is -0.116. The van der Waals surface area contributed by atoms with Gasteiger partial charge in [0.05, 0.1) is 17.5 Å². The Kier molecular flexibility index (Phi) is 7.15. The van der Waals surface area contributed by atoms with E-state index in [2.05, 4.69) is 15.6 Å². The van der Waals surface area contributed by atoms with Crippen LogP contribution in [0.1, 0.15) is 28.4 Å². The quantitative estimate of drug-likeness (QED) is 0.417. The highest BCUT2D eigenvalue weighted by molar-refractivity contribution is 6.30. The Morgan fingerprint density at radius 1 is 0.912 bits per heavy atom. The molecule has 0 spiro atoms. The van der Waals surface area contributed by atoms with E-state index in [0.29, 0.717) is 22.1 Å². The topological polar surface area (TPSA) is 93.1 Å². The predicted octanol–water partition coefficient (Wildman–Crippen LogP) is 4.39. The molecule has 34 heavy (non-hydrogen) atoms. The zero-order valence-electron chi connectivity index (χ0n) is 18.0. The number of benzene rings is 2. The molecule has 1 unspecified atom stereocenters. The Labute approximate surface area is 201 Å². The van der Waals surface area contributed by atoms with Gasteiger partial charge in [0.15, 0.2) is 0 Å². The Hall–Kier alpha value is -4.23. The van der Waals surface area contributed by atoms with Gasteiger partial charge in [-0.3, -0.25) is 19.0 Å². The number of rotatable bonds is 7. The molecule has 0 fully saturated rings. The summed E-state index contributed by atoms with van der Waals surface area (Å²) < 4.78 is 1.49. The van der Waals surface area contributed by atoms with E-state index in [4.69, 9.17) is 11.6 Å². The van der Waals surface area contributed by atoms with E-state index in [0.717, 1.165) is 5.56 Å². The SMILES string of the molecule is O=C(CC(NC(=O)c1ccc(-n2ccccc2=O)cc1)c1ccccc1)Nc1ccc(Cl)cn1. The Morgan fingerprint density at radius 2 is 1.65 bits per heavy atom. The van der Waals surface area contributed by atoms with Crippen molar-refractivity contribution in [3.63, 3.8) is 0 Å². The zero-order valence-corrected chi connectivity index (χ0v) is 18.8. The molecular formula is C26H21ClN4O3. The van der Waals surface area contributed by atoms with Crippen LogP contribution in [-0.2, 0) is 4.79 Å². The summed E-state index contributed by atoms with van der Waals surface area (Å²) in [5.74, 6) is -0.264. The summed E-state index contributed by atoms with van der Waals surface area (Å²) in [4.78, 5) is 41.7. The number of anilines is 1. The largest absolute Gasteiger partial charge is 0.345 e. The summed E-state index contributed by atoms with van der Waals surface area (Å²) >= 11 is 5.84. The fourth-order valence-corrected chi connectivity index (χ4v) is 3.53. The predicted molar refractivity (Wildman–Crippen MR) is 131 cm³/mol. The molecule has 0 aliphatic rings. The Balaban J connectivity index is 1.49. The van der Waals surface area contributed by atoms with Gasteiger partial charge in [0, 0.05) is 29.7 Å². The smallest absolute Gasteiger partial charge is 0.255 e. The lowest BCUT2D eigenvalue weighted by atomic mass is 10.0. The molecule has 0 saturated heterocycles. The van der Waals surface area contributed by atoms with Crippen LogP contribution in [0.5, 0.6) is 0 Å². The summed E-state index contributed by atoms with van der Waals surface area (Å²) in [6.07, 6.45) is 3.12. The van der Waals surface area contributed by atoms with Crippen molar-refractivity contribution in [3.8, 4) is 5.69 Å². The fourth-order valence-electron chi connectivity index (χ4n) is 3.42. The van der Waals surface area contributed by atoms with Gasteiger partial charge in [0.2, 0.25) is 5.91 Å². The maximum Gasteiger partial charge on any atom is 0.255 e. The zero-order chi connectivity index (χ0) is 23.9. The van der Waals surface area contributed by atoms with E-state index in [1.54, 1.807) is 54.7 Å². The fraction of sp³-hybridized carbons (Fsp3) is 0.0769. The van der Waals surface area contributed by atoms with Crippen LogP contribution in [0.3, 0.4) is 0 Å². The molecule has 0 bridgehead atoms. The Bertz CT molecular complexity index is 1340. The number of hydrogen-bond acceptors (Lipinski definition) is 4. The summed E-state index contributed by atoms with van der Waals surface area (Å²) in [6.45, 7) is 0. The first-order chi connectivity index (χ1) is 16.5. The van der Waals surface area contributed by atoms with E-state index in [1.807, 2.05) is 30.3 Å². The monoisotopic (exact) mass is 472 g/mol. The highest BCUT2D eigenvalue weighted by Crippen LogP contribution is 2.19. The van der Waals surface area contributed by atoms with Gasteiger partial charge < -0.3 is 10.6 Å². The molecule has 2 N–H and O–H groups in total. The van der Waals surface area contributed by atoms with E-state index >= 15 is 0 Å². The van der Waals surface area contributed by atoms with Crippen LogP contribution in [0.2, 0.25) is 5.02 Å². The number of amides is 2. The lowest BCUT2D eigenvalue weighted by Gasteiger charge is -2.19. The minimum Gasteiger partial charge on any atom is -0.345 e. The molecule has 0 aliphatic heterocycles. The van der Waals surface area contributed by atoms with Gasteiger partial charge in [0.25, 0.3) is 11.5 Å². The van der Waals surface area contributed by atoms with Crippen LogP contribution >= 0.6 is 11.6 Å². The van der Waals surface area contributed by atoms with Gasteiger partial charge >= 0.3 is 0 Å². The molecule has 4 rings (SSSR count). The van der Waals surface area contributed by atoms with Crippen molar-refractivity contribution in [2.75, 3.05) is 5.32 Å². The van der Waals surface area contributed by atoms with E-state index < -0.39 is 6.04 Å². The van der Waals surface area contributed by atoms with Crippen molar-refractivity contribution in [2.45, 2.75) is 12.5 Å². The molecule has 170 valence electrons. The van der Waals surface area contributed by atoms with Crippen LogP contribution in [0, 0.1) is 0 Å². The third-order valence-corrected chi connectivity index (χ3v) is 5.35. The number of nitrogens with one attached hydrogen (secondary N) is 2. The number of halogens is 1. The first kappa shape index (κ1) is 22.9. The van der Waals surface area contributed by atoms with Crippen molar-refractivity contribution in [1.29, 1.82) is 0 Å². The van der Waals surface area contributed by atoms with Gasteiger partial charge in [-0.15, -0.1) is 0 Å². The van der Waals surface area contributed by atoms with Gasteiger partial charge in [0.1, 0.15) is 5.82 Å². The summed E-state index contributed by atoms with van der Waals surface area (Å²) in [5.41, 5.74) is 1.69. The summed E-state index contributed by atoms with van der Waals surface area (Å²) in [5, 5.41) is 6.13. The average molecular weight is 473 g/mol. The second kappa shape index (κ2) is 10.6. The molecule has 2 amide bonds. The van der Waals surface area contributed by atoms with Crippen LogP contribution in [0.4, 0.5) is 5.82 Å². The third-order valence-electron chi connectivity index (χ3n) is 5.12. The normalized spacial score (nSPS) is 11.4. The molecule has 4 aromatic rings. The number of aromatic nitrogens is 2. The molecular weight excluding hydrogens is 452 g/mol. The molecule has 2 aromatic carbocycles. The van der Waals surface area contributed by atoms with E-state index in [1.165, 1.54) is 16.8 Å². The molecule has 2 aromatic heterocycles. The molecule has 7 nitrogen and oxygen atoms in total. The van der Waals surface area contributed by atoms with Gasteiger partial charge in [-0.1, -0.05) is 48.0 Å². The van der Waals surface area contributed by atoms with E-state index in [-0.39, 0.29) is 23.8 Å². The Morgan fingerprint density at radius 3 is 2.32 bits per heavy atom. The number of pyridine rings is 2. The van der Waals surface area contributed by atoms with Crippen molar-refractivity contribution in [2.24, 2.45) is 0 Å². The minimum absolute atomic E-state index is 0.0115. The first-order valence-corrected chi connectivity index (χ1v) is 10.9. The second-order valence-corrected chi connectivity index (χ2v) is 7.94. The van der Waals surface area contributed by atoms with Crippen LogP contribution < -0.4 is 16.2 Å². The third kappa shape index (κ3) is 5.76. The number of carbonyl (C=O) groups excluding carboxylic acids is 2. The van der Waals surface area contributed by atoms with Crippen LogP contribution in [-0.4, -0.2) is 21.4 Å². The van der Waals surface area contributed by atoms with Gasteiger partial charge in [-0.25, -0.2) is 4.98 Å². The van der Waals surface area contributed by atoms with Crippen molar-refractivity contribution in [1.82, 2.24) is 14.9 Å².